The lowest BCUT2D eigenvalue weighted by Crippen LogP contribution is -2.37. The third-order valence-electron chi connectivity index (χ3n) is 4.61. The van der Waals surface area contributed by atoms with Gasteiger partial charge < -0.3 is 5.73 Å². The van der Waals surface area contributed by atoms with Crippen molar-refractivity contribution in [1.29, 1.82) is 0 Å². The highest BCUT2D eigenvalue weighted by atomic mass is 15.2. The zero-order chi connectivity index (χ0) is 10.8. The summed E-state index contributed by atoms with van der Waals surface area (Å²) in [6, 6.07) is 1.27. The topological polar surface area (TPSA) is 29.3 Å². The molecule has 2 N–H and O–H groups in total. The molecule has 88 valence electrons. The number of nitrogens with two attached hydrogens (primary N) is 1. The lowest BCUT2D eigenvalue weighted by atomic mass is 9.99. The number of hydrogen-bond donors (Lipinski definition) is 1. The van der Waals surface area contributed by atoms with E-state index in [2.05, 4.69) is 18.7 Å². The van der Waals surface area contributed by atoms with Crippen LogP contribution in [0.5, 0.6) is 0 Å². The molecule has 0 spiro atoms. The number of rotatable bonds is 3. The van der Waals surface area contributed by atoms with E-state index in [4.69, 9.17) is 5.73 Å². The van der Waals surface area contributed by atoms with E-state index in [-0.39, 0.29) is 0 Å². The van der Waals surface area contributed by atoms with E-state index in [9.17, 15) is 0 Å². The number of likely N-dealkylation sites (tertiary alicyclic amines) is 1. The Morgan fingerprint density at radius 3 is 2.73 bits per heavy atom. The highest BCUT2D eigenvalue weighted by molar-refractivity contribution is 4.90. The summed E-state index contributed by atoms with van der Waals surface area (Å²) in [5.74, 6) is 1.72. The molecule has 0 aromatic heterocycles. The molecule has 0 bridgehead atoms. The highest BCUT2D eigenvalue weighted by Crippen LogP contribution is 2.35. The highest BCUT2D eigenvalue weighted by Gasteiger charge is 2.35. The van der Waals surface area contributed by atoms with Crippen molar-refractivity contribution in [3.63, 3.8) is 0 Å². The predicted molar refractivity (Wildman–Crippen MR) is 64.7 cm³/mol. The van der Waals surface area contributed by atoms with Gasteiger partial charge >= 0.3 is 0 Å². The molecule has 2 rings (SSSR count). The first-order valence-electron chi connectivity index (χ1n) is 6.72. The molecule has 0 amide bonds. The molecule has 15 heavy (non-hydrogen) atoms. The van der Waals surface area contributed by atoms with Crippen LogP contribution in [0.1, 0.15) is 46.0 Å². The molecule has 0 aromatic carbocycles. The van der Waals surface area contributed by atoms with E-state index in [1.165, 1.54) is 45.2 Å². The summed E-state index contributed by atoms with van der Waals surface area (Å²) in [7, 11) is 0. The van der Waals surface area contributed by atoms with Crippen LogP contribution in [-0.4, -0.2) is 30.1 Å². The van der Waals surface area contributed by atoms with Crippen LogP contribution >= 0.6 is 0 Å². The molecule has 2 heteroatoms. The van der Waals surface area contributed by atoms with E-state index in [1.54, 1.807) is 0 Å². The normalized spacial score (nSPS) is 39.8. The van der Waals surface area contributed by atoms with E-state index >= 15 is 0 Å². The maximum atomic E-state index is 6.00. The Hall–Kier alpha value is -0.0800. The van der Waals surface area contributed by atoms with Gasteiger partial charge in [0.1, 0.15) is 0 Å². The van der Waals surface area contributed by atoms with Gasteiger partial charge in [-0.1, -0.05) is 19.8 Å². The van der Waals surface area contributed by atoms with E-state index in [1.807, 2.05) is 0 Å². The molecular weight excluding hydrogens is 184 g/mol. The number of hydrogen-bond acceptors (Lipinski definition) is 2. The number of nitrogens with zero attached hydrogens (tertiary/aromatic N) is 1. The average Bonchev–Trinajstić information content (AvgIpc) is 2.85. The lowest BCUT2D eigenvalue weighted by Gasteiger charge is -2.29. The predicted octanol–water partition coefficient (Wildman–Crippen LogP) is 2.23. The van der Waals surface area contributed by atoms with E-state index < -0.39 is 0 Å². The van der Waals surface area contributed by atoms with Crippen molar-refractivity contribution in [3.8, 4) is 0 Å². The Balaban J connectivity index is 1.89. The van der Waals surface area contributed by atoms with Crippen LogP contribution in [0.3, 0.4) is 0 Å². The Bertz CT molecular complexity index is 203. The van der Waals surface area contributed by atoms with Crippen molar-refractivity contribution in [3.05, 3.63) is 0 Å². The molecule has 4 unspecified atom stereocenters. The van der Waals surface area contributed by atoms with Gasteiger partial charge in [0.2, 0.25) is 0 Å². The quantitative estimate of drug-likeness (QED) is 0.774. The minimum Gasteiger partial charge on any atom is -0.328 e. The standard InChI is InChI=1S/C13H26N2/c1-3-11-5-4-6-13(11)15-8-7-12(9-15)10(2)14/h10-13H,3-9,14H2,1-2H3. The van der Waals surface area contributed by atoms with Crippen molar-refractivity contribution >= 4 is 0 Å². The van der Waals surface area contributed by atoms with Crippen molar-refractivity contribution in [2.75, 3.05) is 13.1 Å². The van der Waals surface area contributed by atoms with Crippen molar-refractivity contribution < 1.29 is 0 Å². The van der Waals surface area contributed by atoms with Gasteiger partial charge in [0.25, 0.3) is 0 Å². The summed E-state index contributed by atoms with van der Waals surface area (Å²) in [6.07, 6.45) is 7.03. The first kappa shape index (κ1) is 11.4. The fraction of sp³-hybridized carbons (Fsp3) is 1.00. The van der Waals surface area contributed by atoms with Crippen molar-refractivity contribution in [2.24, 2.45) is 17.6 Å². The second-order valence-electron chi connectivity index (χ2n) is 5.57. The van der Waals surface area contributed by atoms with Gasteiger partial charge in [0.15, 0.2) is 0 Å². The van der Waals surface area contributed by atoms with Crippen LogP contribution in [0.25, 0.3) is 0 Å². The fourth-order valence-electron chi connectivity index (χ4n) is 3.52. The zero-order valence-corrected chi connectivity index (χ0v) is 10.3. The maximum absolute atomic E-state index is 6.00. The lowest BCUT2D eigenvalue weighted by molar-refractivity contribution is 0.185. The van der Waals surface area contributed by atoms with Crippen LogP contribution < -0.4 is 5.73 Å². The molecule has 2 aliphatic rings. The summed E-state index contributed by atoms with van der Waals surface area (Å²) < 4.78 is 0. The summed E-state index contributed by atoms with van der Waals surface area (Å²) in [6.45, 7) is 7.08. The van der Waals surface area contributed by atoms with Crippen LogP contribution in [-0.2, 0) is 0 Å². The van der Waals surface area contributed by atoms with Gasteiger partial charge in [-0.2, -0.15) is 0 Å². The Kier molecular flexibility index (Phi) is 3.68. The largest absolute Gasteiger partial charge is 0.328 e. The van der Waals surface area contributed by atoms with E-state index in [0.717, 1.165) is 17.9 Å². The van der Waals surface area contributed by atoms with Gasteiger partial charge in [-0.05, 0) is 44.6 Å². The third kappa shape index (κ3) is 2.36. The Morgan fingerprint density at radius 2 is 2.13 bits per heavy atom. The van der Waals surface area contributed by atoms with Crippen LogP contribution in [0, 0.1) is 11.8 Å². The van der Waals surface area contributed by atoms with Gasteiger partial charge in [-0.25, -0.2) is 0 Å². The van der Waals surface area contributed by atoms with Crippen LogP contribution in [0.15, 0.2) is 0 Å². The molecule has 2 fully saturated rings. The first-order chi connectivity index (χ1) is 7.22. The summed E-state index contributed by atoms with van der Waals surface area (Å²) >= 11 is 0. The van der Waals surface area contributed by atoms with Gasteiger partial charge in [0, 0.05) is 18.6 Å². The molecule has 1 heterocycles. The van der Waals surface area contributed by atoms with Crippen molar-refractivity contribution in [2.45, 2.75) is 58.0 Å². The summed E-state index contributed by atoms with van der Waals surface area (Å²) in [4.78, 5) is 2.73. The molecule has 1 saturated heterocycles. The summed E-state index contributed by atoms with van der Waals surface area (Å²) in [5.41, 5.74) is 6.00. The fourth-order valence-corrected chi connectivity index (χ4v) is 3.52. The van der Waals surface area contributed by atoms with Gasteiger partial charge in [-0.3, -0.25) is 4.90 Å². The van der Waals surface area contributed by atoms with Crippen molar-refractivity contribution in [1.82, 2.24) is 4.90 Å². The Labute approximate surface area is 94.2 Å². The molecule has 1 saturated carbocycles. The van der Waals surface area contributed by atoms with Crippen LogP contribution in [0.2, 0.25) is 0 Å². The summed E-state index contributed by atoms with van der Waals surface area (Å²) in [5, 5.41) is 0. The molecular formula is C13H26N2. The molecule has 0 aromatic rings. The average molecular weight is 210 g/mol. The maximum Gasteiger partial charge on any atom is 0.0123 e. The Morgan fingerprint density at radius 1 is 1.33 bits per heavy atom. The van der Waals surface area contributed by atoms with Crippen LogP contribution in [0.4, 0.5) is 0 Å². The van der Waals surface area contributed by atoms with Gasteiger partial charge in [0.05, 0.1) is 0 Å². The van der Waals surface area contributed by atoms with Gasteiger partial charge in [-0.15, -0.1) is 0 Å². The molecule has 2 nitrogen and oxygen atoms in total. The molecule has 1 aliphatic heterocycles. The molecule has 1 aliphatic carbocycles. The smallest absolute Gasteiger partial charge is 0.0123 e. The monoisotopic (exact) mass is 210 g/mol. The second-order valence-corrected chi connectivity index (χ2v) is 5.57. The van der Waals surface area contributed by atoms with E-state index in [0.29, 0.717) is 6.04 Å². The SMILES string of the molecule is CCC1CCCC1N1CCC(C(C)N)C1. The molecule has 4 atom stereocenters. The zero-order valence-electron chi connectivity index (χ0n) is 10.3. The first-order valence-corrected chi connectivity index (χ1v) is 6.72. The minimum atomic E-state index is 0.386. The molecule has 0 radical (unpaired) electrons. The minimum absolute atomic E-state index is 0.386. The third-order valence-corrected chi connectivity index (χ3v) is 4.61. The second kappa shape index (κ2) is 4.84.